The van der Waals surface area contributed by atoms with E-state index in [1.807, 2.05) is 6.07 Å². The highest BCUT2D eigenvalue weighted by Gasteiger charge is 2.24. The third-order valence-corrected chi connectivity index (χ3v) is 5.22. The second-order valence-electron chi connectivity index (χ2n) is 7.00. The van der Waals surface area contributed by atoms with Crippen molar-refractivity contribution in [2.45, 2.75) is 0 Å². The van der Waals surface area contributed by atoms with Gasteiger partial charge in [0.1, 0.15) is 18.0 Å². The van der Waals surface area contributed by atoms with Crippen molar-refractivity contribution in [2.75, 3.05) is 62.3 Å². The molecule has 4 rings (SSSR count). The summed E-state index contributed by atoms with van der Waals surface area (Å²) in [6, 6.07) is 8.15. The van der Waals surface area contributed by atoms with E-state index < -0.39 is 5.97 Å². The van der Waals surface area contributed by atoms with Crippen molar-refractivity contribution in [2.24, 2.45) is 0 Å². The lowest BCUT2D eigenvalue weighted by atomic mass is 10.1. The molecule has 1 amide bonds. The van der Waals surface area contributed by atoms with Crippen LogP contribution in [0.5, 0.6) is 0 Å². The van der Waals surface area contributed by atoms with Crippen molar-refractivity contribution < 1.29 is 19.4 Å². The molecular weight excluding hydrogens is 374 g/mol. The average Bonchev–Trinajstić information content (AvgIpc) is 2.79. The molecule has 2 fully saturated rings. The molecule has 0 spiro atoms. The zero-order valence-electron chi connectivity index (χ0n) is 16.0. The van der Waals surface area contributed by atoms with Crippen LogP contribution in [0.15, 0.2) is 36.7 Å². The molecule has 0 atom stereocenters. The van der Waals surface area contributed by atoms with Crippen molar-refractivity contribution in [3.8, 4) is 0 Å². The third kappa shape index (κ3) is 4.29. The Morgan fingerprint density at radius 2 is 1.48 bits per heavy atom. The van der Waals surface area contributed by atoms with Crippen molar-refractivity contribution >= 4 is 23.5 Å². The molecule has 1 aromatic heterocycles. The summed E-state index contributed by atoms with van der Waals surface area (Å²) in [6.45, 7) is 5.43. The highest BCUT2D eigenvalue weighted by atomic mass is 16.5. The van der Waals surface area contributed by atoms with Crippen LogP contribution in [-0.2, 0) is 4.74 Å². The van der Waals surface area contributed by atoms with E-state index in [0.29, 0.717) is 45.0 Å². The molecule has 2 aromatic rings. The first-order chi connectivity index (χ1) is 14.1. The summed E-state index contributed by atoms with van der Waals surface area (Å²) in [7, 11) is 0. The smallest absolute Gasteiger partial charge is 0.335 e. The Hall–Kier alpha value is -3.20. The average molecular weight is 397 g/mol. The number of ether oxygens (including phenoxy) is 1. The number of carboxylic acid groups (broad SMARTS) is 1. The maximum absolute atomic E-state index is 12.7. The zero-order valence-corrected chi connectivity index (χ0v) is 16.0. The SMILES string of the molecule is O=C(O)c1cccc(C(=O)N2CCN(c3cc(N4CCOCC4)ncn3)CC2)c1. The predicted molar refractivity (Wildman–Crippen MR) is 107 cm³/mol. The maximum atomic E-state index is 12.7. The van der Waals surface area contributed by atoms with E-state index in [1.54, 1.807) is 23.4 Å². The minimum Gasteiger partial charge on any atom is -0.478 e. The minimum absolute atomic E-state index is 0.117. The Kier molecular flexibility index (Phi) is 5.57. The normalized spacial score (nSPS) is 17.3. The van der Waals surface area contributed by atoms with Gasteiger partial charge in [-0.1, -0.05) is 6.07 Å². The zero-order chi connectivity index (χ0) is 20.2. The molecule has 3 heterocycles. The summed E-state index contributed by atoms with van der Waals surface area (Å²) >= 11 is 0. The molecule has 2 saturated heterocycles. The quantitative estimate of drug-likeness (QED) is 0.815. The number of nitrogens with zero attached hydrogens (tertiary/aromatic N) is 5. The van der Waals surface area contributed by atoms with Gasteiger partial charge in [-0.3, -0.25) is 4.79 Å². The Morgan fingerprint density at radius 1 is 0.862 bits per heavy atom. The Morgan fingerprint density at radius 3 is 2.14 bits per heavy atom. The molecule has 0 unspecified atom stereocenters. The third-order valence-electron chi connectivity index (χ3n) is 5.22. The summed E-state index contributed by atoms with van der Waals surface area (Å²) in [4.78, 5) is 38.8. The molecule has 0 bridgehead atoms. The van der Waals surface area contributed by atoms with E-state index in [9.17, 15) is 9.59 Å². The molecule has 9 heteroatoms. The predicted octanol–water partition coefficient (Wildman–Crippen LogP) is 0.974. The van der Waals surface area contributed by atoms with Crippen molar-refractivity contribution in [1.29, 1.82) is 0 Å². The van der Waals surface area contributed by atoms with Crippen LogP contribution in [0.1, 0.15) is 20.7 Å². The van der Waals surface area contributed by atoms with Gasteiger partial charge in [0.2, 0.25) is 0 Å². The Bertz CT molecular complexity index is 892. The van der Waals surface area contributed by atoms with E-state index in [0.717, 1.165) is 24.7 Å². The number of piperazine rings is 1. The number of carbonyl (C=O) groups excluding carboxylic acids is 1. The van der Waals surface area contributed by atoms with Gasteiger partial charge in [-0.25, -0.2) is 14.8 Å². The van der Waals surface area contributed by atoms with Gasteiger partial charge in [-0.2, -0.15) is 0 Å². The number of rotatable bonds is 4. The van der Waals surface area contributed by atoms with Crippen molar-refractivity contribution in [1.82, 2.24) is 14.9 Å². The molecule has 29 heavy (non-hydrogen) atoms. The monoisotopic (exact) mass is 397 g/mol. The number of morpholine rings is 1. The fraction of sp³-hybridized carbons (Fsp3) is 0.400. The largest absolute Gasteiger partial charge is 0.478 e. The number of carbonyl (C=O) groups is 2. The lowest BCUT2D eigenvalue weighted by Crippen LogP contribution is -2.49. The van der Waals surface area contributed by atoms with Gasteiger partial charge < -0.3 is 24.5 Å². The summed E-state index contributed by atoms with van der Waals surface area (Å²) in [5.74, 6) is 0.553. The molecule has 152 valence electrons. The topological polar surface area (TPSA) is 99.1 Å². The van der Waals surface area contributed by atoms with Crippen LogP contribution in [-0.4, -0.2) is 84.3 Å². The summed E-state index contributed by atoms with van der Waals surface area (Å²) in [6.07, 6.45) is 1.58. The molecule has 1 N–H and O–H groups in total. The van der Waals surface area contributed by atoms with Crippen LogP contribution in [0.4, 0.5) is 11.6 Å². The van der Waals surface area contributed by atoms with Crippen LogP contribution in [0.3, 0.4) is 0 Å². The van der Waals surface area contributed by atoms with E-state index in [-0.39, 0.29) is 11.5 Å². The van der Waals surface area contributed by atoms with Crippen LogP contribution in [0.25, 0.3) is 0 Å². The second-order valence-corrected chi connectivity index (χ2v) is 7.00. The van der Waals surface area contributed by atoms with E-state index >= 15 is 0 Å². The number of hydrogen-bond donors (Lipinski definition) is 1. The van der Waals surface area contributed by atoms with Crippen molar-refractivity contribution in [3.63, 3.8) is 0 Å². The number of anilines is 2. The molecular formula is C20H23N5O4. The first kappa shape index (κ1) is 19.1. The van der Waals surface area contributed by atoms with Gasteiger partial charge in [-0.15, -0.1) is 0 Å². The number of hydrogen-bond acceptors (Lipinski definition) is 7. The maximum Gasteiger partial charge on any atom is 0.335 e. The summed E-state index contributed by atoms with van der Waals surface area (Å²) in [5, 5.41) is 9.12. The fourth-order valence-corrected chi connectivity index (χ4v) is 3.58. The number of benzene rings is 1. The molecule has 0 radical (unpaired) electrons. The first-order valence-corrected chi connectivity index (χ1v) is 9.64. The van der Waals surface area contributed by atoms with E-state index in [1.165, 1.54) is 12.1 Å². The highest BCUT2D eigenvalue weighted by Crippen LogP contribution is 2.20. The van der Waals surface area contributed by atoms with Gasteiger partial charge in [0, 0.05) is 50.9 Å². The summed E-state index contributed by atoms with van der Waals surface area (Å²) < 4.78 is 5.39. The molecule has 9 nitrogen and oxygen atoms in total. The van der Waals surface area contributed by atoms with Crippen LogP contribution in [0.2, 0.25) is 0 Å². The molecule has 2 aliphatic heterocycles. The van der Waals surface area contributed by atoms with Crippen LogP contribution < -0.4 is 9.80 Å². The second kappa shape index (κ2) is 8.44. The van der Waals surface area contributed by atoms with E-state index in [4.69, 9.17) is 9.84 Å². The van der Waals surface area contributed by atoms with Gasteiger partial charge in [-0.05, 0) is 18.2 Å². The molecule has 0 aliphatic carbocycles. The van der Waals surface area contributed by atoms with Crippen LogP contribution >= 0.6 is 0 Å². The Labute approximate surface area is 168 Å². The summed E-state index contributed by atoms with van der Waals surface area (Å²) in [5.41, 5.74) is 0.515. The van der Waals surface area contributed by atoms with Crippen molar-refractivity contribution in [3.05, 3.63) is 47.8 Å². The van der Waals surface area contributed by atoms with Gasteiger partial charge in [0.05, 0.1) is 18.8 Å². The van der Waals surface area contributed by atoms with Gasteiger partial charge >= 0.3 is 5.97 Å². The number of aromatic carboxylic acids is 1. The van der Waals surface area contributed by atoms with Gasteiger partial charge in [0.15, 0.2) is 0 Å². The molecule has 2 aliphatic rings. The lowest BCUT2D eigenvalue weighted by molar-refractivity contribution is 0.0697. The van der Waals surface area contributed by atoms with E-state index in [2.05, 4.69) is 19.8 Å². The van der Waals surface area contributed by atoms with Gasteiger partial charge in [0.25, 0.3) is 5.91 Å². The number of aromatic nitrogens is 2. The Balaban J connectivity index is 1.40. The first-order valence-electron chi connectivity index (χ1n) is 9.64. The molecule has 1 aromatic carbocycles. The number of carboxylic acids is 1. The highest BCUT2D eigenvalue weighted by molar-refractivity contribution is 5.97. The number of amides is 1. The minimum atomic E-state index is -1.04. The fourth-order valence-electron chi connectivity index (χ4n) is 3.58. The van der Waals surface area contributed by atoms with Crippen LogP contribution in [0, 0.1) is 0 Å². The lowest BCUT2D eigenvalue weighted by Gasteiger charge is -2.36. The standard InChI is InChI=1S/C20H23N5O4/c26-19(15-2-1-3-16(12-15)20(27)28)25-6-4-23(5-7-25)17-13-18(22-14-21-17)24-8-10-29-11-9-24/h1-3,12-14H,4-11H2,(H,27,28). The molecule has 0 saturated carbocycles.